The maximum Gasteiger partial charge on any atom is 0.0807 e. The van der Waals surface area contributed by atoms with E-state index in [1.807, 2.05) is 25.6 Å². The van der Waals surface area contributed by atoms with Crippen molar-refractivity contribution in [3.63, 3.8) is 0 Å². The highest BCUT2D eigenvalue weighted by Gasteiger charge is 2.27. The van der Waals surface area contributed by atoms with E-state index >= 15 is 0 Å². The van der Waals surface area contributed by atoms with Crippen molar-refractivity contribution >= 4 is 44.9 Å². The van der Waals surface area contributed by atoms with E-state index in [1.54, 1.807) is 0 Å². The number of para-hydroxylation sites is 1. The summed E-state index contributed by atoms with van der Waals surface area (Å²) >= 11 is 1.83. The van der Waals surface area contributed by atoms with Crippen LogP contribution in [0, 0.1) is 0 Å². The first kappa shape index (κ1) is 34.2. The minimum Gasteiger partial charge on any atom is -0.309 e. The van der Waals surface area contributed by atoms with E-state index < -0.39 is 0 Å². The minimum absolute atomic E-state index is 0.0255. The summed E-state index contributed by atoms with van der Waals surface area (Å²) in [6, 6.07) is 63.3. The van der Waals surface area contributed by atoms with Crippen LogP contribution in [0.25, 0.3) is 55.3 Å². The molecule has 1 aliphatic heterocycles. The third kappa shape index (κ3) is 6.54. The molecule has 0 bridgehead atoms. The highest BCUT2D eigenvalue weighted by Crippen LogP contribution is 2.45. The first-order valence-electron chi connectivity index (χ1n) is 18.5. The number of aliphatic imine (C=N–C) groups is 1. The van der Waals surface area contributed by atoms with Crippen molar-refractivity contribution in [2.24, 2.45) is 4.99 Å². The van der Waals surface area contributed by atoms with Crippen LogP contribution in [0.15, 0.2) is 191 Å². The SMILES string of the molecule is C/C(=C1/Sc2ccccc2C1=NC(C)c1cccc(-c2ccc3c(c2)c2cc(-c4ccccc4)ccc2n3-c2ccccc2)c1)c1ccccc1.CC. The fraction of sp³-hybridized carbons (Fsp3) is 0.100. The molecule has 0 radical (unpaired) electrons. The maximum atomic E-state index is 5.45. The van der Waals surface area contributed by atoms with Crippen LogP contribution in [-0.2, 0) is 0 Å². The number of fused-ring (bicyclic) bond motifs is 4. The molecule has 0 N–H and O–H groups in total. The Balaban J connectivity index is 0.00000197. The van der Waals surface area contributed by atoms with Crippen molar-refractivity contribution in [3.05, 3.63) is 198 Å². The number of thioether (sulfide) groups is 1. The quantitative estimate of drug-likeness (QED) is 0.169. The molecule has 258 valence electrons. The van der Waals surface area contributed by atoms with Gasteiger partial charge in [0.25, 0.3) is 0 Å². The molecule has 8 aromatic rings. The molecule has 1 aromatic heterocycles. The summed E-state index contributed by atoms with van der Waals surface area (Å²) in [4.78, 5) is 7.95. The summed E-state index contributed by atoms with van der Waals surface area (Å²) in [6.45, 7) is 8.44. The Morgan fingerprint density at radius 2 is 1.09 bits per heavy atom. The molecule has 3 heteroatoms. The van der Waals surface area contributed by atoms with E-state index in [4.69, 9.17) is 4.99 Å². The third-order valence-corrected chi connectivity index (χ3v) is 11.3. The predicted molar refractivity (Wildman–Crippen MR) is 229 cm³/mol. The van der Waals surface area contributed by atoms with Crippen molar-refractivity contribution in [3.8, 4) is 27.9 Å². The van der Waals surface area contributed by atoms with Crippen molar-refractivity contribution in [1.29, 1.82) is 0 Å². The highest BCUT2D eigenvalue weighted by atomic mass is 32.2. The lowest BCUT2D eigenvalue weighted by atomic mass is 9.97. The van der Waals surface area contributed by atoms with Crippen LogP contribution in [-0.4, -0.2) is 10.3 Å². The molecule has 7 aromatic carbocycles. The standard InChI is InChI=1S/C48H36N2S.C2H6/c1-32(34-15-6-3-7-16-34)48-47(41-23-12-13-24-46(41)51-48)49-33(2)36-19-14-20-37(29-36)39-26-28-45-43(31-39)42-30-38(35-17-8-4-9-18-35)25-27-44(42)50(45)40-21-10-5-11-22-40;1-2/h3-31,33H,1-2H3;1-2H3/b48-32-,49-47?;. The van der Waals surface area contributed by atoms with E-state index in [0.717, 1.165) is 11.4 Å². The predicted octanol–water partition coefficient (Wildman–Crippen LogP) is 14.2. The van der Waals surface area contributed by atoms with Crippen LogP contribution in [0.3, 0.4) is 0 Å². The van der Waals surface area contributed by atoms with Crippen LogP contribution >= 0.6 is 11.8 Å². The zero-order valence-electron chi connectivity index (χ0n) is 30.6. The lowest BCUT2D eigenvalue weighted by Gasteiger charge is -2.13. The minimum atomic E-state index is -0.0255. The zero-order chi connectivity index (χ0) is 36.3. The molecule has 1 atom stereocenters. The summed E-state index contributed by atoms with van der Waals surface area (Å²) in [6.07, 6.45) is 0. The topological polar surface area (TPSA) is 17.3 Å². The smallest absolute Gasteiger partial charge is 0.0807 e. The van der Waals surface area contributed by atoms with Gasteiger partial charge in [-0.3, -0.25) is 4.99 Å². The third-order valence-electron chi connectivity index (χ3n) is 10.0. The first-order valence-corrected chi connectivity index (χ1v) is 19.4. The number of rotatable bonds is 6. The van der Waals surface area contributed by atoms with E-state index in [2.05, 4.69) is 194 Å². The van der Waals surface area contributed by atoms with E-state index in [1.165, 1.54) is 76.1 Å². The van der Waals surface area contributed by atoms with Gasteiger partial charge in [0.15, 0.2) is 0 Å². The molecule has 1 unspecified atom stereocenters. The van der Waals surface area contributed by atoms with Crippen LogP contribution in [0.4, 0.5) is 0 Å². The molecule has 2 nitrogen and oxygen atoms in total. The summed E-state index contributed by atoms with van der Waals surface area (Å²) < 4.78 is 2.39. The lowest BCUT2D eigenvalue weighted by molar-refractivity contribution is 0.821. The Labute approximate surface area is 317 Å². The maximum absolute atomic E-state index is 5.45. The van der Waals surface area contributed by atoms with Gasteiger partial charge in [0.05, 0.1) is 22.8 Å². The van der Waals surface area contributed by atoms with Gasteiger partial charge in [-0.25, -0.2) is 0 Å². The number of benzene rings is 7. The molecule has 0 amide bonds. The van der Waals surface area contributed by atoms with Gasteiger partial charge in [-0.1, -0.05) is 153 Å². The van der Waals surface area contributed by atoms with Crippen molar-refractivity contribution in [2.45, 2.75) is 38.6 Å². The summed E-state index contributed by atoms with van der Waals surface area (Å²) in [5, 5.41) is 2.49. The highest BCUT2D eigenvalue weighted by molar-refractivity contribution is 8.05. The molecule has 0 saturated heterocycles. The van der Waals surface area contributed by atoms with Crippen molar-refractivity contribution in [2.75, 3.05) is 0 Å². The molecular weight excluding hydrogens is 661 g/mol. The molecule has 0 aliphatic carbocycles. The second kappa shape index (κ2) is 15.0. The van der Waals surface area contributed by atoms with Gasteiger partial charge in [-0.15, -0.1) is 0 Å². The van der Waals surface area contributed by atoms with Gasteiger partial charge in [0.1, 0.15) is 0 Å². The first-order chi connectivity index (χ1) is 26.1. The molecule has 0 spiro atoms. The molecular formula is C50H42N2S. The second-order valence-corrected chi connectivity index (χ2v) is 14.3. The average Bonchev–Trinajstić information content (AvgIpc) is 3.77. The van der Waals surface area contributed by atoms with E-state index in [0.29, 0.717) is 0 Å². The largest absolute Gasteiger partial charge is 0.309 e. The monoisotopic (exact) mass is 702 g/mol. The van der Waals surface area contributed by atoms with E-state index in [-0.39, 0.29) is 6.04 Å². The number of nitrogens with zero attached hydrogens (tertiary/aromatic N) is 2. The van der Waals surface area contributed by atoms with Crippen LogP contribution in [0.1, 0.15) is 50.4 Å². The zero-order valence-corrected chi connectivity index (χ0v) is 31.4. The summed E-state index contributed by atoms with van der Waals surface area (Å²) in [5.74, 6) is 0. The van der Waals surface area contributed by atoms with Crippen LogP contribution in [0.5, 0.6) is 0 Å². The number of allylic oxidation sites excluding steroid dienone is 2. The number of hydrogen-bond donors (Lipinski definition) is 0. The fourth-order valence-electron chi connectivity index (χ4n) is 7.35. The van der Waals surface area contributed by atoms with Crippen LogP contribution in [0.2, 0.25) is 0 Å². The normalized spacial score (nSPS) is 14.5. The lowest BCUT2D eigenvalue weighted by Crippen LogP contribution is -2.03. The molecule has 1 aliphatic rings. The Hall–Kier alpha value is -5.90. The Morgan fingerprint density at radius 3 is 1.77 bits per heavy atom. The van der Waals surface area contributed by atoms with Gasteiger partial charge < -0.3 is 4.57 Å². The fourth-order valence-corrected chi connectivity index (χ4v) is 8.52. The summed E-state index contributed by atoms with van der Waals surface area (Å²) in [5.41, 5.74) is 14.4. The van der Waals surface area contributed by atoms with Crippen molar-refractivity contribution in [1.82, 2.24) is 4.57 Å². The van der Waals surface area contributed by atoms with E-state index in [9.17, 15) is 0 Å². The molecule has 9 rings (SSSR count). The van der Waals surface area contributed by atoms with Gasteiger partial charge in [-0.2, -0.15) is 0 Å². The second-order valence-electron chi connectivity index (χ2n) is 13.2. The average molecular weight is 703 g/mol. The number of aromatic nitrogens is 1. The van der Waals surface area contributed by atoms with Gasteiger partial charge in [0.2, 0.25) is 0 Å². The van der Waals surface area contributed by atoms with Crippen LogP contribution < -0.4 is 0 Å². The number of hydrogen-bond acceptors (Lipinski definition) is 2. The Kier molecular flexibility index (Phi) is 9.67. The Bertz CT molecular complexity index is 2610. The van der Waals surface area contributed by atoms with Gasteiger partial charge in [-0.05, 0) is 101 Å². The molecule has 0 fully saturated rings. The van der Waals surface area contributed by atoms with Crippen molar-refractivity contribution < 1.29 is 0 Å². The van der Waals surface area contributed by atoms with Gasteiger partial charge >= 0.3 is 0 Å². The summed E-state index contributed by atoms with van der Waals surface area (Å²) in [7, 11) is 0. The molecule has 53 heavy (non-hydrogen) atoms. The Morgan fingerprint density at radius 1 is 0.547 bits per heavy atom. The van der Waals surface area contributed by atoms with Gasteiger partial charge in [0, 0.05) is 31.8 Å². The molecule has 2 heterocycles. The molecule has 0 saturated carbocycles.